The molecule has 0 N–H and O–H groups in total. The molecule has 0 saturated heterocycles. The number of anilines is 1. The van der Waals surface area contributed by atoms with Gasteiger partial charge in [0, 0.05) is 24.5 Å². The summed E-state index contributed by atoms with van der Waals surface area (Å²) in [6.45, 7) is 0.923. The fourth-order valence-corrected chi connectivity index (χ4v) is 1.74. The van der Waals surface area contributed by atoms with E-state index in [1.807, 2.05) is 12.1 Å². The van der Waals surface area contributed by atoms with Gasteiger partial charge in [-0.3, -0.25) is 0 Å². The minimum absolute atomic E-state index is 0.320. The molecule has 0 atom stereocenters. The van der Waals surface area contributed by atoms with Crippen molar-refractivity contribution in [2.75, 3.05) is 18.6 Å². The number of benzene rings is 1. The summed E-state index contributed by atoms with van der Waals surface area (Å²) in [5.74, 6) is -0.320. The predicted molar refractivity (Wildman–Crippen MR) is 58.6 cm³/mol. The van der Waals surface area contributed by atoms with Crippen LogP contribution in [0.25, 0.3) is 0 Å². The molecule has 0 bridgehead atoms. The second-order valence-corrected chi connectivity index (χ2v) is 3.41. The SMILES string of the molecule is COC(=O)/C=C/N1CCc2ccccc21. The number of fused-ring (bicyclic) bond motifs is 1. The quantitative estimate of drug-likeness (QED) is 0.541. The summed E-state index contributed by atoms with van der Waals surface area (Å²) in [7, 11) is 1.38. The van der Waals surface area contributed by atoms with Crippen LogP contribution in [-0.4, -0.2) is 19.6 Å². The lowest BCUT2D eigenvalue weighted by Crippen LogP contribution is -2.12. The number of rotatable bonds is 2. The number of carbonyl (C=O) groups is 1. The summed E-state index contributed by atoms with van der Waals surface area (Å²) < 4.78 is 4.55. The molecule has 0 amide bonds. The molecule has 0 unspecified atom stereocenters. The lowest BCUT2D eigenvalue weighted by Gasteiger charge is -2.12. The fourth-order valence-electron chi connectivity index (χ4n) is 1.74. The Morgan fingerprint density at radius 1 is 1.47 bits per heavy atom. The van der Waals surface area contributed by atoms with E-state index in [1.165, 1.54) is 24.4 Å². The van der Waals surface area contributed by atoms with Gasteiger partial charge in [0.15, 0.2) is 0 Å². The van der Waals surface area contributed by atoms with Gasteiger partial charge in [-0.15, -0.1) is 0 Å². The molecular weight excluding hydrogens is 190 g/mol. The molecule has 15 heavy (non-hydrogen) atoms. The monoisotopic (exact) mass is 203 g/mol. The van der Waals surface area contributed by atoms with Crippen LogP contribution in [0.15, 0.2) is 36.5 Å². The van der Waals surface area contributed by atoms with Gasteiger partial charge in [-0.25, -0.2) is 4.79 Å². The second kappa shape index (κ2) is 4.17. The summed E-state index contributed by atoms with van der Waals surface area (Å²) in [5.41, 5.74) is 2.50. The Hall–Kier alpha value is -1.77. The Morgan fingerprint density at radius 3 is 3.07 bits per heavy atom. The first-order valence-electron chi connectivity index (χ1n) is 4.92. The molecule has 0 radical (unpaired) electrons. The zero-order valence-electron chi connectivity index (χ0n) is 8.64. The second-order valence-electron chi connectivity index (χ2n) is 3.41. The van der Waals surface area contributed by atoms with Crippen molar-refractivity contribution in [2.24, 2.45) is 0 Å². The minimum atomic E-state index is -0.320. The smallest absolute Gasteiger partial charge is 0.331 e. The highest BCUT2D eigenvalue weighted by atomic mass is 16.5. The number of methoxy groups -OCH3 is 1. The standard InChI is InChI=1S/C12H13NO2/c1-15-12(14)7-9-13-8-6-10-4-2-3-5-11(10)13/h2-5,7,9H,6,8H2,1H3/b9-7+. The maximum atomic E-state index is 10.9. The van der Waals surface area contributed by atoms with Gasteiger partial charge in [0.05, 0.1) is 7.11 Å². The zero-order valence-corrected chi connectivity index (χ0v) is 8.64. The molecule has 3 heteroatoms. The molecular formula is C12H13NO2. The summed E-state index contributed by atoms with van der Waals surface area (Å²) in [6, 6.07) is 8.21. The van der Waals surface area contributed by atoms with Crippen LogP contribution in [0.4, 0.5) is 5.69 Å². The summed E-state index contributed by atoms with van der Waals surface area (Å²) in [4.78, 5) is 13.0. The molecule has 78 valence electrons. The van der Waals surface area contributed by atoms with Crippen molar-refractivity contribution in [1.82, 2.24) is 0 Å². The van der Waals surface area contributed by atoms with Crippen LogP contribution in [0, 0.1) is 0 Å². The Bertz CT molecular complexity index is 398. The maximum Gasteiger partial charge on any atom is 0.331 e. The van der Waals surface area contributed by atoms with Crippen molar-refractivity contribution in [3.63, 3.8) is 0 Å². The Kier molecular flexibility index (Phi) is 2.72. The van der Waals surface area contributed by atoms with Gasteiger partial charge >= 0.3 is 5.97 Å². The van der Waals surface area contributed by atoms with Crippen molar-refractivity contribution >= 4 is 11.7 Å². The lowest BCUT2D eigenvalue weighted by atomic mass is 10.2. The van der Waals surface area contributed by atoms with E-state index in [4.69, 9.17) is 0 Å². The van der Waals surface area contributed by atoms with Crippen molar-refractivity contribution in [3.8, 4) is 0 Å². The highest BCUT2D eigenvalue weighted by molar-refractivity contribution is 5.82. The number of nitrogens with zero attached hydrogens (tertiary/aromatic N) is 1. The Morgan fingerprint density at radius 2 is 2.27 bits per heavy atom. The third-order valence-electron chi connectivity index (χ3n) is 2.51. The molecule has 3 nitrogen and oxygen atoms in total. The lowest BCUT2D eigenvalue weighted by molar-refractivity contribution is -0.134. The van der Waals surface area contributed by atoms with E-state index >= 15 is 0 Å². The van der Waals surface area contributed by atoms with E-state index in [9.17, 15) is 4.79 Å². The van der Waals surface area contributed by atoms with Gasteiger partial charge in [-0.1, -0.05) is 18.2 Å². The largest absolute Gasteiger partial charge is 0.466 e. The van der Waals surface area contributed by atoms with Crippen LogP contribution in [0.3, 0.4) is 0 Å². The predicted octanol–water partition coefficient (Wildman–Crippen LogP) is 1.74. The number of esters is 1. The van der Waals surface area contributed by atoms with E-state index < -0.39 is 0 Å². The molecule has 0 aromatic heterocycles. The normalized spacial score (nSPS) is 14.3. The molecule has 0 saturated carbocycles. The van der Waals surface area contributed by atoms with Crippen LogP contribution in [0.2, 0.25) is 0 Å². The van der Waals surface area contributed by atoms with Crippen LogP contribution in [0.5, 0.6) is 0 Å². The summed E-state index contributed by atoms with van der Waals surface area (Å²) in [5, 5.41) is 0. The summed E-state index contributed by atoms with van der Waals surface area (Å²) >= 11 is 0. The molecule has 1 aliphatic heterocycles. The maximum absolute atomic E-state index is 10.9. The Balaban J connectivity index is 2.14. The van der Waals surface area contributed by atoms with E-state index in [1.54, 1.807) is 6.20 Å². The average molecular weight is 203 g/mol. The molecule has 1 heterocycles. The van der Waals surface area contributed by atoms with Crippen molar-refractivity contribution in [3.05, 3.63) is 42.1 Å². The molecule has 1 aromatic carbocycles. The minimum Gasteiger partial charge on any atom is -0.466 e. The number of ether oxygens (including phenoxy) is 1. The first kappa shape index (κ1) is 9.77. The van der Waals surface area contributed by atoms with Gasteiger partial charge in [0.2, 0.25) is 0 Å². The third kappa shape index (κ3) is 2.01. The molecule has 1 aliphatic rings. The number of carbonyl (C=O) groups excluding carboxylic acids is 1. The highest BCUT2D eigenvalue weighted by Crippen LogP contribution is 2.27. The van der Waals surface area contributed by atoms with Gasteiger partial charge in [0.1, 0.15) is 0 Å². The number of para-hydroxylation sites is 1. The topological polar surface area (TPSA) is 29.5 Å². The first-order chi connectivity index (χ1) is 7.31. The van der Waals surface area contributed by atoms with Crippen LogP contribution in [0.1, 0.15) is 5.56 Å². The van der Waals surface area contributed by atoms with Gasteiger partial charge in [-0.2, -0.15) is 0 Å². The molecule has 0 aliphatic carbocycles. The van der Waals surface area contributed by atoms with Crippen LogP contribution in [-0.2, 0) is 16.0 Å². The van der Waals surface area contributed by atoms with Gasteiger partial charge in [-0.05, 0) is 18.1 Å². The molecule has 1 aromatic rings. The van der Waals surface area contributed by atoms with Crippen LogP contribution < -0.4 is 4.90 Å². The van der Waals surface area contributed by atoms with Crippen molar-refractivity contribution in [1.29, 1.82) is 0 Å². The molecule has 0 spiro atoms. The first-order valence-corrected chi connectivity index (χ1v) is 4.92. The van der Waals surface area contributed by atoms with E-state index in [-0.39, 0.29) is 5.97 Å². The molecule has 2 rings (SSSR count). The summed E-state index contributed by atoms with van der Waals surface area (Å²) in [6.07, 6.45) is 4.25. The average Bonchev–Trinajstić information content (AvgIpc) is 2.69. The zero-order chi connectivity index (χ0) is 10.7. The van der Waals surface area contributed by atoms with Crippen molar-refractivity contribution < 1.29 is 9.53 Å². The number of hydrogen-bond acceptors (Lipinski definition) is 3. The number of hydrogen-bond donors (Lipinski definition) is 0. The van der Waals surface area contributed by atoms with Gasteiger partial charge < -0.3 is 9.64 Å². The molecule has 0 fully saturated rings. The van der Waals surface area contributed by atoms with Crippen molar-refractivity contribution in [2.45, 2.75) is 6.42 Å². The third-order valence-corrected chi connectivity index (χ3v) is 2.51. The van der Waals surface area contributed by atoms with E-state index in [0.29, 0.717) is 0 Å². The Labute approximate surface area is 89.0 Å². The van der Waals surface area contributed by atoms with Crippen LogP contribution >= 0.6 is 0 Å². The van der Waals surface area contributed by atoms with Gasteiger partial charge in [0.25, 0.3) is 0 Å². The van der Waals surface area contributed by atoms with E-state index in [2.05, 4.69) is 21.8 Å². The van der Waals surface area contributed by atoms with E-state index in [0.717, 1.165) is 13.0 Å². The fraction of sp³-hybridized carbons (Fsp3) is 0.250. The highest BCUT2D eigenvalue weighted by Gasteiger charge is 2.15.